The first-order chi connectivity index (χ1) is 6.88. The van der Waals surface area contributed by atoms with Gasteiger partial charge < -0.3 is 4.55 Å². The fourth-order valence-electron chi connectivity index (χ4n) is 1.09. The topological polar surface area (TPSA) is 23.1 Å². The average Bonchev–Trinajstić information content (AvgIpc) is 2.14. The second-order valence-corrected chi connectivity index (χ2v) is 12.0. The van der Waals surface area contributed by atoms with Crippen molar-refractivity contribution in [3.05, 3.63) is 29.8 Å². The molecule has 0 saturated carbocycles. The molecule has 1 aromatic carbocycles. The molecular weight excluding hydrogens is 220 g/mol. The van der Waals surface area contributed by atoms with E-state index in [1.807, 2.05) is 36.6 Å². The van der Waals surface area contributed by atoms with Crippen molar-refractivity contribution in [2.24, 2.45) is 0 Å². The molecule has 0 fully saturated rings. The Bertz CT molecular complexity index is 349. The van der Waals surface area contributed by atoms with E-state index in [2.05, 4.69) is 19.6 Å². The van der Waals surface area contributed by atoms with E-state index in [1.54, 1.807) is 0 Å². The summed E-state index contributed by atoms with van der Waals surface area (Å²) >= 11 is 0. The third-order valence-corrected chi connectivity index (χ3v) is 5.03. The Morgan fingerprint density at radius 3 is 2.20 bits per heavy atom. The molecule has 0 N–H and O–H groups in total. The van der Waals surface area contributed by atoms with Crippen LogP contribution in [-0.4, -0.2) is 18.0 Å². The molecule has 1 aromatic rings. The maximum absolute atomic E-state index is 11.9. The van der Waals surface area contributed by atoms with Gasteiger partial charge in [0.15, 0.2) is 0 Å². The first-order valence-corrected chi connectivity index (χ1v) is 10.1. The molecule has 84 valence electrons. The monoisotopic (exact) mass is 239 g/mol. The van der Waals surface area contributed by atoms with Gasteiger partial charge in [-0.1, -0.05) is 42.7 Å². The summed E-state index contributed by atoms with van der Waals surface area (Å²) in [6.45, 7) is 8.90. The quantitative estimate of drug-likeness (QED) is 0.579. The zero-order valence-electron chi connectivity index (χ0n) is 9.91. The summed E-state index contributed by atoms with van der Waals surface area (Å²) in [4.78, 5) is 0.916. The summed E-state index contributed by atoms with van der Waals surface area (Å²) in [6.07, 6.45) is 0. The Hall–Kier alpha value is -0.383. The molecule has 1 rings (SSSR count). The van der Waals surface area contributed by atoms with Crippen LogP contribution in [-0.2, 0) is 0 Å². The molecule has 0 aliphatic rings. The lowest BCUT2D eigenvalue weighted by Gasteiger charge is -2.19. The smallest absolute Gasteiger partial charge is 0.0485 e. The molecule has 0 spiro atoms. The zero-order valence-corrected chi connectivity index (χ0v) is 11.7. The maximum atomic E-state index is 11.9. The Labute approximate surface area is 96.3 Å². The molecule has 1 atom stereocenters. The van der Waals surface area contributed by atoms with Crippen LogP contribution in [0.5, 0.6) is 0 Å². The van der Waals surface area contributed by atoms with Crippen molar-refractivity contribution in [3.63, 3.8) is 0 Å². The molecule has 1 nitrogen and oxygen atoms in total. The Kier molecular flexibility index (Phi) is 4.31. The van der Waals surface area contributed by atoms with E-state index in [9.17, 15) is 4.55 Å². The minimum Gasteiger partial charge on any atom is -0.799 e. The highest BCUT2D eigenvalue weighted by Crippen LogP contribution is 2.23. The van der Waals surface area contributed by atoms with Gasteiger partial charge in [-0.2, -0.15) is 0 Å². The van der Waals surface area contributed by atoms with Crippen LogP contribution in [0.3, 0.4) is 0 Å². The molecule has 0 saturated heterocycles. The first-order valence-electron chi connectivity index (χ1n) is 5.19. The van der Waals surface area contributed by atoms with E-state index < -0.39 is 18.8 Å². The van der Waals surface area contributed by atoms with Crippen molar-refractivity contribution in [2.75, 3.05) is 0 Å². The normalized spacial score (nSPS) is 14.2. The summed E-state index contributed by atoms with van der Waals surface area (Å²) in [6, 6.07) is 8.93. The van der Waals surface area contributed by atoms with E-state index in [0.717, 1.165) is 10.9 Å². The summed E-state index contributed by atoms with van der Waals surface area (Å²) in [5.41, 5.74) is 1.21. The molecule has 0 heterocycles. The van der Waals surface area contributed by atoms with Crippen LogP contribution in [0.4, 0.5) is 0 Å². The molecule has 0 radical (unpaired) electrons. The lowest BCUT2D eigenvalue weighted by atomic mass is 10.2. The third-order valence-electron chi connectivity index (χ3n) is 2.10. The lowest BCUT2D eigenvalue weighted by Crippen LogP contribution is -2.19. The van der Waals surface area contributed by atoms with Crippen LogP contribution in [0.15, 0.2) is 29.2 Å². The van der Waals surface area contributed by atoms with Crippen LogP contribution >= 0.6 is 10.8 Å². The molecule has 0 bridgehead atoms. The Morgan fingerprint density at radius 1 is 1.20 bits per heavy atom. The van der Waals surface area contributed by atoms with Crippen molar-refractivity contribution in [2.45, 2.75) is 37.5 Å². The number of rotatable bonds is 3. The zero-order chi connectivity index (χ0) is 11.5. The SMILES string of the molecule is Cc1ccc(S([O-])=CC[Si](C)(C)C)cc1. The van der Waals surface area contributed by atoms with Gasteiger partial charge in [0.05, 0.1) is 0 Å². The van der Waals surface area contributed by atoms with Gasteiger partial charge in [-0.15, -0.1) is 0 Å². The Morgan fingerprint density at radius 2 is 1.73 bits per heavy atom. The second-order valence-electron chi connectivity index (χ2n) is 5.04. The van der Waals surface area contributed by atoms with Crippen LogP contribution in [0.25, 0.3) is 0 Å². The van der Waals surface area contributed by atoms with Gasteiger partial charge in [0.2, 0.25) is 0 Å². The predicted molar refractivity (Wildman–Crippen MR) is 72.0 cm³/mol. The van der Waals surface area contributed by atoms with E-state index in [-0.39, 0.29) is 0 Å². The van der Waals surface area contributed by atoms with Gasteiger partial charge in [-0.3, -0.25) is 0 Å². The van der Waals surface area contributed by atoms with Crippen LogP contribution in [0.1, 0.15) is 5.56 Å². The van der Waals surface area contributed by atoms with Gasteiger partial charge in [-0.25, -0.2) is 10.8 Å². The Balaban J connectivity index is 2.76. The number of hydrogen-bond donors (Lipinski definition) is 0. The van der Waals surface area contributed by atoms with E-state index in [1.165, 1.54) is 5.56 Å². The standard InChI is InChI=1S/C12H19OSSi/c1-11-5-7-12(8-6-11)14(13)9-10-15(2,3)4/h5-9H,10H2,1-4H3/q-1. The minimum atomic E-state index is -1.11. The number of hydrogen-bond acceptors (Lipinski definition) is 1. The molecule has 0 amide bonds. The van der Waals surface area contributed by atoms with Crippen LogP contribution < -0.4 is 0 Å². The van der Waals surface area contributed by atoms with E-state index in [4.69, 9.17) is 0 Å². The molecule has 1 unspecified atom stereocenters. The van der Waals surface area contributed by atoms with E-state index >= 15 is 0 Å². The minimum absolute atomic E-state index is 0.916. The molecule has 0 aromatic heterocycles. The highest BCUT2D eigenvalue weighted by Gasteiger charge is 2.09. The fraction of sp³-hybridized carbons (Fsp3) is 0.417. The molecule has 0 aliphatic heterocycles. The summed E-state index contributed by atoms with van der Waals surface area (Å²) in [7, 11) is -2.04. The van der Waals surface area contributed by atoms with E-state index in [0.29, 0.717) is 0 Å². The van der Waals surface area contributed by atoms with Crippen LogP contribution in [0.2, 0.25) is 25.7 Å². The van der Waals surface area contributed by atoms with Crippen molar-refractivity contribution >= 4 is 24.2 Å². The highest BCUT2D eigenvalue weighted by molar-refractivity contribution is 8.10. The molecule has 0 aliphatic carbocycles. The molecule has 3 heteroatoms. The lowest BCUT2D eigenvalue weighted by molar-refractivity contribution is 0.616. The van der Waals surface area contributed by atoms with Gasteiger partial charge in [0, 0.05) is 8.07 Å². The van der Waals surface area contributed by atoms with Crippen molar-refractivity contribution in [3.8, 4) is 0 Å². The maximum Gasteiger partial charge on any atom is 0.0485 e. The number of aryl methyl sites for hydroxylation is 1. The second kappa shape index (κ2) is 5.10. The van der Waals surface area contributed by atoms with Crippen LogP contribution in [0, 0.1) is 6.92 Å². The first kappa shape index (κ1) is 12.7. The third kappa shape index (κ3) is 4.78. The number of benzene rings is 1. The largest absolute Gasteiger partial charge is 0.799 e. The van der Waals surface area contributed by atoms with Gasteiger partial charge in [0.1, 0.15) is 0 Å². The van der Waals surface area contributed by atoms with Gasteiger partial charge in [-0.05, 0) is 30.0 Å². The van der Waals surface area contributed by atoms with Crippen molar-refractivity contribution < 1.29 is 4.55 Å². The van der Waals surface area contributed by atoms with Gasteiger partial charge >= 0.3 is 0 Å². The van der Waals surface area contributed by atoms with Gasteiger partial charge in [0.25, 0.3) is 0 Å². The predicted octanol–water partition coefficient (Wildman–Crippen LogP) is 3.89. The summed E-state index contributed by atoms with van der Waals surface area (Å²) in [5.74, 6) is 0. The highest BCUT2D eigenvalue weighted by atomic mass is 32.2. The fourth-order valence-corrected chi connectivity index (χ4v) is 4.30. The summed E-state index contributed by atoms with van der Waals surface area (Å²) < 4.78 is 11.9. The molecule has 15 heavy (non-hydrogen) atoms. The molecular formula is C12H19OSSi-. The summed E-state index contributed by atoms with van der Waals surface area (Å²) in [5, 5.41) is 1.96. The van der Waals surface area contributed by atoms with Crippen molar-refractivity contribution in [1.29, 1.82) is 0 Å². The van der Waals surface area contributed by atoms with Crippen molar-refractivity contribution in [1.82, 2.24) is 0 Å². The average molecular weight is 239 g/mol.